The van der Waals surface area contributed by atoms with Gasteiger partial charge in [-0.05, 0) is 50.6 Å². The molecule has 3 aromatic rings. The third-order valence-corrected chi connectivity index (χ3v) is 5.72. The van der Waals surface area contributed by atoms with Crippen LogP contribution in [0.25, 0.3) is 11.5 Å². The number of amides is 2. The molecule has 2 amide bonds. The molecule has 3 rings (SSSR count). The number of aliphatic carboxylic acids is 1. The van der Waals surface area contributed by atoms with Gasteiger partial charge in [-0.3, -0.25) is 10.1 Å². The minimum atomic E-state index is -1.08. The van der Waals surface area contributed by atoms with E-state index in [-0.39, 0.29) is 29.2 Å². The molecule has 0 aliphatic carbocycles. The van der Waals surface area contributed by atoms with Crippen LogP contribution in [-0.4, -0.2) is 62.6 Å². The van der Waals surface area contributed by atoms with Gasteiger partial charge in [0.05, 0.1) is 5.75 Å². The normalized spacial score (nSPS) is 12.0. The number of nitrogens with one attached hydrogen (secondary N) is 1. The zero-order valence-electron chi connectivity index (χ0n) is 20.4. The monoisotopic (exact) mass is 512 g/mol. The maximum atomic E-state index is 12.6. The Morgan fingerprint density at radius 1 is 1.08 bits per heavy atom. The third-order valence-electron chi connectivity index (χ3n) is 4.92. The first kappa shape index (κ1) is 26.7. The van der Waals surface area contributed by atoms with Crippen molar-refractivity contribution in [2.45, 2.75) is 44.1 Å². The molecule has 190 valence electrons. The number of carboxylic acids is 1. The van der Waals surface area contributed by atoms with Crippen LogP contribution in [0.15, 0.2) is 64.2 Å². The second kappa shape index (κ2) is 11.7. The number of ether oxygens (including phenoxy) is 1. The van der Waals surface area contributed by atoms with Crippen LogP contribution in [-0.2, 0) is 20.7 Å². The molecule has 0 saturated carbocycles. The predicted octanol–water partition coefficient (Wildman–Crippen LogP) is 4.33. The third kappa shape index (κ3) is 7.84. The van der Waals surface area contributed by atoms with Crippen molar-refractivity contribution in [2.75, 3.05) is 18.1 Å². The molecule has 1 unspecified atom stereocenters. The highest BCUT2D eigenvalue weighted by Crippen LogP contribution is 2.25. The van der Waals surface area contributed by atoms with Crippen molar-refractivity contribution in [3.05, 3.63) is 60.2 Å². The number of thioether (sulfide) groups is 1. The van der Waals surface area contributed by atoms with Gasteiger partial charge in [-0.25, -0.2) is 9.59 Å². The fourth-order valence-electron chi connectivity index (χ4n) is 3.13. The van der Waals surface area contributed by atoms with Gasteiger partial charge in [0.1, 0.15) is 11.6 Å². The summed E-state index contributed by atoms with van der Waals surface area (Å²) in [6.45, 7) is 5.34. The summed E-state index contributed by atoms with van der Waals surface area (Å²) in [6, 6.07) is 14.9. The molecule has 1 heterocycles. The molecule has 0 saturated heterocycles. The standard InChI is InChI=1S/C25H28N4O6S/c1-25(2,3)35-23(33)26-18-12-10-17(11-13-18)21-27-28-24(34-21)36-15-20(30)29(4)19(22(31)32)14-16-8-6-5-7-9-16/h5-13,19H,14-15H2,1-4H3,(H,26,33)(H,31,32). The zero-order valence-corrected chi connectivity index (χ0v) is 21.2. The fourth-order valence-corrected chi connectivity index (χ4v) is 3.82. The Bertz CT molecular complexity index is 1190. The largest absolute Gasteiger partial charge is 0.480 e. The minimum Gasteiger partial charge on any atom is -0.480 e. The molecule has 1 aromatic heterocycles. The first-order chi connectivity index (χ1) is 17.0. The molecule has 0 fully saturated rings. The van der Waals surface area contributed by atoms with E-state index in [9.17, 15) is 19.5 Å². The number of anilines is 1. The van der Waals surface area contributed by atoms with Gasteiger partial charge in [-0.2, -0.15) is 0 Å². The average Bonchev–Trinajstić information content (AvgIpc) is 3.29. The number of carbonyl (C=O) groups excluding carboxylic acids is 2. The van der Waals surface area contributed by atoms with Crippen LogP contribution in [0.4, 0.5) is 10.5 Å². The van der Waals surface area contributed by atoms with Crippen molar-refractivity contribution in [1.82, 2.24) is 15.1 Å². The van der Waals surface area contributed by atoms with Gasteiger partial charge in [0, 0.05) is 24.7 Å². The Hall–Kier alpha value is -3.86. The highest BCUT2D eigenvalue weighted by molar-refractivity contribution is 7.99. The molecular weight excluding hydrogens is 484 g/mol. The number of hydrogen-bond donors (Lipinski definition) is 2. The first-order valence-corrected chi connectivity index (χ1v) is 12.1. The van der Waals surface area contributed by atoms with Crippen LogP contribution in [0.2, 0.25) is 0 Å². The fraction of sp³-hybridized carbons (Fsp3) is 0.320. The molecule has 0 bridgehead atoms. The van der Waals surface area contributed by atoms with Crippen LogP contribution < -0.4 is 5.32 Å². The summed E-state index contributed by atoms with van der Waals surface area (Å²) in [5, 5.41) is 20.4. The molecule has 0 radical (unpaired) electrons. The topological polar surface area (TPSA) is 135 Å². The van der Waals surface area contributed by atoms with E-state index < -0.39 is 23.7 Å². The van der Waals surface area contributed by atoms with Crippen molar-refractivity contribution in [1.29, 1.82) is 0 Å². The Balaban J connectivity index is 1.56. The number of rotatable bonds is 9. The van der Waals surface area contributed by atoms with E-state index in [0.717, 1.165) is 17.3 Å². The van der Waals surface area contributed by atoms with Gasteiger partial charge in [-0.1, -0.05) is 42.1 Å². The quantitative estimate of drug-likeness (QED) is 0.402. The van der Waals surface area contributed by atoms with Gasteiger partial charge in [0.2, 0.25) is 11.8 Å². The van der Waals surface area contributed by atoms with E-state index in [1.54, 1.807) is 45.0 Å². The Labute approximate surface area is 213 Å². The van der Waals surface area contributed by atoms with Crippen molar-refractivity contribution in [3.63, 3.8) is 0 Å². The Kier molecular flexibility index (Phi) is 8.70. The van der Waals surface area contributed by atoms with Crippen LogP contribution in [0.3, 0.4) is 0 Å². The number of likely N-dealkylation sites (N-methyl/N-ethyl adjacent to an activating group) is 1. The molecule has 0 aliphatic rings. The van der Waals surface area contributed by atoms with E-state index in [4.69, 9.17) is 9.15 Å². The molecule has 2 N–H and O–H groups in total. The molecule has 36 heavy (non-hydrogen) atoms. The maximum absolute atomic E-state index is 12.6. The van der Waals surface area contributed by atoms with E-state index in [0.29, 0.717) is 11.3 Å². The summed E-state index contributed by atoms with van der Waals surface area (Å²) >= 11 is 1.03. The van der Waals surface area contributed by atoms with Crippen LogP contribution in [0.1, 0.15) is 26.3 Å². The summed E-state index contributed by atoms with van der Waals surface area (Å²) in [5.41, 5.74) is 1.39. The lowest BCUT2D eigenvalue weighted by Gasteiger charge is -2.24. The van der Waals surface area contributed by atoms with Gasteiger partial charge >= 0.3 is 12.1 Å². The van der Waals surface area contributed by atoms with E-state index in [1.165, 1.54) is 11.9 Å². The summed E-state index contributed by atoms with van der Waals surface area (Å²) in [7, 11) is 1.47. The average molecular weight is 513 g/mol. The molecule has 11 heteroatoms. The second-order valence-electron chi connectivity index (χ2n) is 8.91. The number of aromatic nitrogens is 2. The summed E-state index contributed by atoms with van der Waals surface area (Å²) in [6.07, 6.45) is -0.359. The smallest absolute Gasteiger partial charge is 0.412 e. The number of benzene rings is 2. The van der Waals surface area contributed by atoms with E-state index in [1.807, 2.05) is 30.3 Å². The van der Waals surface area contributed by atoms with Crippen molar-refractivity contribution < 1.29 is 28.6 Å². The van der Waals surface area contributed by atoms with Crippen molar-refractivity contribution >= 4 is 35.4 Å². The van der Waals surface area contributed by atoms with Crippen LogP contribution in [0.5, 0.6) is 0 Å². The number of carbonyl (C=O) groups is 3. The molecular formula is C25H28N4O6S. The lowest BCUT2D eigenvalue weighted by molar-refractivity contribution is -0.148. The van der Waals surface area contributed by atoms with Gasteiger partial charge in [0.15, 0.2) is 0 Å². The molecule has 1 atom stereocenters. The van der Waals surface area contributed by atoms with Crippen molar-refractivity contribution in [2.24, 2.45) is 0 Å². The number of nitrogens with zero attached hydrogens (tertiary/aromatic N) is 3. The molecule has 0 spiro atoms. The highest BCUT2D eigenvalue weighted by Gasteiger charge is 2.27. The number of carboxylic acid groups (broad SMARTS) is 1. The zero-order chi connectivity index (χ0) is 26.3. The van der Waals surface area contributed by atoms with E-state index >= 15 is 0 Å². The summed E-state index contributed by atoms with van der Waals surface area (Å²) in [4.78, 5) is 37.5. The maximum Gasteiger partial charge on any atom is 0.412 e. The first-order valence-electron chi connectivity index (χ1n) is 11.1. The van der Waals surface area contributed by atoms with Crippen LogP contribution >= 0.6 is 11.8 Å². The molecule has 0 aliphatic heterocycles. The lowest BCUT2D eigenvalue weighted by atomic mass is 10.1. The van der Waals surface area contributed by atoms with Crippen molar-refractivity contribution in [3.8, 4) is 11.5 Å². The lowest BCUT2D eigenvalue weighted by Crippen LogP contribution is -2.44. The summed E-state index contributed by atoms with van der Waals surface area (Å²) in [5.74, 6) is -1.27. The highest BCUT2D eigenvalue weighted by atomic mass is 32.2. The molecule has 10 nitrogen and oxygen atoms in total. The van der Waals surface area contributed by atoms with Gasteiger partial charge < -0.3 is 19.2 Å². The minimum absolute atomic E-state index is 0.0601. The van der Waals surface area contributed by atoms with Gasteiger partial charge in [-0.15, -0.1) is 10.2 Å². The number of hydrogen-bond acceptors (Lipinski definition) is 8. The van der Waals surface area contributed by atoms with Crippen LogP contribution in [0, 0.1) is 0 Å². The predicted molar refractivity (Wildman–Crippen MR) is 135 cm³/mol. The second-order valence-corrected chi connectivity index (χ2v) is 9.84. The SMILES string of the molecule is CN(C(=O)CSc1nnc(-c2ccc(NC(=O)OC(C)(C)C)cc2)o1)C(Cc1ccccc1)C(=O)O. The summed E-state index contributed by atoms with van der Waals surface area (Å²) < 4.78 is 10.9. The van der Waals surface area contributed by atoms with E-state index in [2.05, 4.69) is 15.5 Å². The van der Waals surface area contributed by atoms with Gasteiger partial charge in [0.25, 0.3) is 5.22 Å². The Morgan fingerprint density at radius 2 is 1.75 bits per heavy atom. The Morgan fingerprint density at radius 3 is 2.36 bits per heavy atom. The molecule has 2 aromatic carbocycles.